The van der Waals surface area contributed by atoms with E-state index in [0.717, 1.165) is 43.1 Å². The van der Waals surface area contributed by atoms with Gasteiger partial charge < -0.3 is 4.74 Å². The van der Waals surface area contributed by atoms with Gasteiger partial charge in [0.15, 0.2) is 0 Å². The average Bonchev–Trinajstić information content (AvgIpc) is 2.90. The maximum atomic E-state index is 13.5. The second-order valence-electron chi connectivity index (χ2n) is 6.33. The highest BCUT2D eigenvalue weighted by Gasteiger charge is 2.33. The molecule has 4 nitrogen and oxygen atoms in total. The normalized spacial score (nSPS) is 19.1. The summed E-state index contributed by atoms with van der Waals surface area (Å²) in [4.78, 5) is 0.0179. The molecule has 0 spiro atoms. The van der Waals surface area contributed by atoms with Gasteiger partial charge in [0, 0.05) is 6.54 Å². The quantitative estimate of drug-likeness (QED) is 0.744. The topological polar surface area (TPSA) is 46.6 Å². The number of sulfonamides is 1. The highest BCUT2D eigenvalue weighted by molar-refractivity contribution is 7.89. The molecule has 1 aliphatic heterocycles. The monoisotopic (exact) mass is 397 g/mol. The molecule has 2 aromatic carbocycles. The zero-order valence-electron chi connectivity index (χ0n) is 14.5. The van der Waals surface area contributed by atoms with E-state index in [1.807, 2.05) is 24.3 Å². The number of rotatable bonds is 4. The van der Waals surface area contributed by atoms with Crippen LogP contribution in [0.15, 0.2) is 47.4 Å². The summed E-state index contributed by atoms with van der Waals surface area (Å²) >= 11 is 5.81. The van der Waals surface area contributed by atoms with Crippen molar-refractivity contribution < 1.29 is 17.5 Å². The molecule has 0 N–H and O–H groups in total. The molecule has 0 bridgehead atoms. The van der Waals surface area contributed by atoms with Gasteiger partial charge in [0.2, 0.25) is 10.0 Å². The number of methoxy groups -OCH3 is 1. The number of hydrogen-bond donors (Lipinski definition) is 0. The Kier molecular flexibility index (Phi) is 5.85. The lowest BCUT2D eigenvalue weighted by Gasteiger charge is -2.29. The standard InChI is InChI=1S/C19H21ClFNO3S/c1-25-15-8-6-14(7-9-15)19-5-3-2-4-12-22(19)26(23,24)16-10-11-18(21)17(20)13-16/h6-11,13,19H,2-5,12H2,1H3/t19-/m1/s1. The van der Waals surface area contributed by atoms with Gasteiger partial charge in [-0.15, -0.1) is 0 Å². The smallest absolute Gasteiger partial charge is 0.243 e. The Labute approximate surface area is 158 Å². The summed E-state index contributed by atoms with van der Waals surface area (Å²) in [6.07, 6.45) is 3.46. The molecule has 1 fully saturated rings. The van der Waals surface area contributed by atoms with Gasteiger partial charge >= 0.3 is 0 Å². The first-order valence-electron chi connectivity index (χ1n) is 8.54. The van der Waals surface area contributed by atoms with E-state index in [2.05, 4.69) is 0 Å². The van der Waals surface area contributed by atoms with Gasteiger partial charge in [0.25, 0.3) is 0 Å². The van der Waals surface area contributed by atoms with E-state index in [9.17, 15) is 12.8 Å². The molecule has 1 aliphatic rings. The van der Waals surface area contributed by atoms with E-state index in [-0.39, 0.29) is 16.0 Å². The fraction of sp³-hybridized carbons (Fsp3) is 0.368. The fourth-order valence-corrected chi connectivity index (χ4v) is 5.26. The van der Waals surface area contributed by atoms with Crippen LogP contribution in [0.25, 0.3) is 0 Å². The fourth-order valence-electron chi connectivity index (χ4n) is 3.30. The molecular weight excluding hydrogens is 377 g/mol. The number of nitrogens with zero attached hydrogens (tertiary/aromatic N) is 1. The average molecular weight is 398 g/mol. The Bertz CT molecular complexity index is 871. The number of halogens is 2. The van der Waals surface area contributed by atoms with Crippen molar-refractivity contribution in [2.24, 2.45) is 0 Å². The Hall–Kier alpha value is -1.63. The van der Waals surface area contributed by atoms with Crippen molar-refractivity contribution in [1.29, 1.82) is 0 Å². The van der Waals surface area contributed by atoms with Gasteiger partial charge in [0.1, 0.15) is 11.6 Å². The molecular formula is C19H21ClFNO3S. The van der Waals surface area contributed by atoms with Crippen LogP contribution in [0.2, 0.25) is 5.02 Å². The summed E-state index contributed by atoms with van der Waals surface area (Å²) in [6.45, 7) is 0.425. The van der Waals surface area contributed by atoms with Gasteiger partial charge in [-0.05, 0) is 48.7 Å². The lowest BCUT2D eigenvalue weighted by molar-refractivity contribution is 0.328. The highest BCUT2D eigenvalue weighted by atomic mass is 35.5. The maximum absolute atomic E-state index is 13.5. The molecule has 0 aliphatic carbocycles. The molecule has 0 radical (unpaired) electrons. The van der Waals surface area contributed by atoms with E-state index >= 15 is 0 Å². The summed E-state index contributed by atoms with van der Waals surface area (Å²) in [5.74, 6) is 0.0929. The van der Waals surface area contributed by atoms with Crippen molar-refractivity contribution in [3.8, 4) is 5.75 Å². The van der Waals surface area contributed by atoms with Crippen LogP contribution < -0.4 is 4.74 Å². The lowest BCUT2D eigenvalue weighted by Crippen LogP contribution is -2.34. The molecule has 1 saturated heterocycles. The van der Waals surface area contributed by atoms with Crippen molar-refractivity contribution in [3.63, 3.8) is 0 Å². The summed E-state index contributed by atoms with van der Waals surface area (Å²) in [5.41, 5.74) is 0.921. The third-order valence-electron chi connectivity index (χ3n) is 4.70. The molecule has 0 unspecified atom stereocenters. The molecule has 1 heterocycles. The first-order chi connectivity index (χ1) is 12.4. The van der Waals surface area contributed by atoms with Crippen LogP contribution in [0, 0.1) is 5.82 Å². The minimum absolute atomic E-state index is 0.0179. The molecule has 0 amide bonds. The Morgan fingerprint density at radius 2 is 1.85 bits per heavy atom. The van der Waals surface area contributed by atoms with Gasteiger partial charge in [-0.25, -0.2) is 12.8 Å². The van der Waals surface area contributed by atoms with Crippen LogP contribution in [0.3, 0.4) is 0 Å². The molecule has 1 atom stereocenters. The van der Waals surface area contributed by atoms with Crippen LogP contribution in [0.1, 0.15) is 37.3 Å². The molecule has 26 heavy (non-hydrogen) atoms. The van der Waals surface area contributed by atoms with Crippen molar-refractivity contribution in [1.82, 2.24) is 4.31 Å². The molecule has 0 aromatic heterocycles. The summed E-state index contributed by atoms with van der Waals surface area (Å²) in [5, 5.41) is -0.193. The largest absolute Gasteiger partial charge is 0.497 e. The maximum Gasteiger partial charge on any atom is 0.243 e. The zero-order valence-corrected chi connectivity index (χ0v) is 16.1. The van der Waals surface area contributed by atoms with Gasteiger partial charge in [-0.1, -0.05) is 36.6 Å². The van der Waals surface area contributed by atoms with Crippen molar-refractivity contribution in [2.75, 3.05) is 13.7 Å². The Morgan fingerprint density at radius 1 is 1.12 bits per heavy atom. The van der Waals surface area contributed by atoms with Gasteiger partial charge in [0.05, 0.1) is 23.1 Å². The summed E-state index contributed by atoms with van der Waals surface area (Å²) in [7, 11) is -2.19. The van der Waals surface area contributed by atoms with E-state index in [1.165, 1.54) is 16.4 Å². The molecule has 3 rings (SSSR count). The second-order valence-corrected chi connectivity index (χ2v) is 8.63. The Balaban J connectivity index is 2.00. The van der Waals surface area contributed by atoms with E-state index in [1.54, 1.807) is 7.11 Å². The lowest BCUT2D eigenvalue weighted by atomic mass is 10.0. The van der Waals surface area contributed by atoms with Crippen molar-refractivity contribution in [2.45, 2.75) is 36.6 Å². The van der Waals surface area contributed by atoms with E-state index < -0.39 is 15.8 Å². The number of ether oxygens (including phenoxy) is 1. The SMILES string of the molecule is COc1ccc([C@H]2CCCCCN2S(=O)(=O)c2ccc(F)c(Cl)c2)cc1. The predicted molar refractivity (Wildman–Crippen MR) is 99.5 cm³/mol. The molecule has 140 valence electrons. The van der Waals surface area contributed by atoms with Crippen molar-refractivity contribution in [3.05, 3.63) is 58.9 Å². The molecule has 7 heteroatoms. The molecule has 0 saturated carbocycles. The first-order valence-corrected chi connectivity index (χ1v) is 10.4. The molecule has 2 aromatic rings. The van der Waals surface area contributed by atoms with Crippen LogP contribution >= 0.6 is 11.6 Å². The third-order valence-corrected chi connectivity index (χ3v) is 6.90. The second kappa shape index (κ2) is 7.94. The van der Waals surface area contributed by atoms with E-state index in [4.69, 9.17) is 16.3 Å². The number of hydrogen-bond acceptors (Lipinski definition) is 3. The van der Waals surface area contributed by atoms with Crippen LogP contribution in [-0.4, -0.2) is 26.4 Å². The van der Waals surface area contributed by atoms with Crippen LogP contribution in [-0.2, 0) is 10.0 Å². The van der Waals surface area contributed by atoms with Crippen LogP contribution in [0.4, 0.5) is 4.39 Å². The predicted octanol–water partition coefficient (Wildman–Crippen LogP) is 4.79. The summed E-state index contributed by atoms with van der Waals surface area (Å²) < 4.78 is 46.6. The summed E-state index contributed by atoms with van der Waals surface area (Å²) in [6, 6.07) is 10.7. The Morgan fingerprint density at radius 3 is 2.50 bits per heavy atom. The zero-order chi connectivity index (χ0) is 18.7. The minimum Gasteiger partial charge on any atom is -0.497 e. The number of benzene rings is 2. The van der Waals surface area contributed by atoms with Crippen molar-refractivity contribution >= 4 is 21.6 Å². The van der Waals surface area contributed by atoms with Gasteiger partial charge in [-0.3, -0.25) is 0 Å². The minimum atomic E-state index is -3.79. The van der Waals surface area contributed by atoms with Crippen LogP contribution in [0.5, 0.6) is 5.75 Å². The highest BCUT2D eigenvalue weighted by Crippen LogP contribution is 2.36. The van der Waals surface area contributed by atoms with Gasteiger partial charge in [-0.2, -0.15) is 4.31 Å². The third kappa shape index (κ3) is 3.87. The van der Waals surface area contributed by atoms with E-state index in [0.29, 0.717) is 6.54 Å². The first kappa shape index (κ1) is 19.1.